The van der Waals surface area contributed by atoms with Gasteiger partial charge in [0.2, 0.25) is 0 Å². The van der Waals surface area contributed by atoms with Crippen molar-refractivity contribution in [2.45, 2.75) is 19.9 Å². The van der Waals surface area contributed by atoms with Gasteiger partial charge in [0, 0.05) is 25.2 Å². The van der Waals surface area contributed by atoms with Crippen molar-refractivity contribution in [1.29, 1.82) is 0 Å². The third kappa shape index (κ3) is 4.33. The molecule has 0 aliphatic carbocycles. The number of carboxylic acids is 1. The fourth-order valence-corrected chi connectivity index (χ4v) is 2.95. The minimum Gasteiger partial charge on any atom is -0.481 e. The highest BCUT2D eigenvalue weighted by Crippen LogP contribution is 2.26. The van der Waals surface area contributed by atoms with Crippen molar-refractivity contribution < 1.29 is 19.4 Å². The number of urea groups is 1. The molecule has 26 heavy (non-hydrogen) atoms. The van der Waals surface area contributed by atoms with Crippen molar-refractivity contribution in [3.05, 3.63) is 59.7 Å². The van der Waals surface area contributed by atoms with Crippen molar-refractivity contribution >= 4 is 12.0 Å². The standard InChI is InChI=1S/C20H22N2O4/c1-14-7-8-15(18(11-14)26-17-5-3-2-4-6-17)12-21-20(25)22-10-9-16(13-22)19(23)24/h2-8,11,16H,9-10,12-13H2,1H3,(H,21,25)(H,23,24). The first kappa shape index (κ1) is 17.8. The number of para-hydroxylation sites is 1. The van der Waals surface area contributed by atoms with Gasteiger partial charge in [-0.3, -0.25) is 4.79 Å². The lowest BCUT2D eigenvalue weighted by molar-refractivity contribution is -0.141. The zero-order valence-electron chi connectivity index (χ0n) is 14.6. The Bertz CT molecular complexity index is 792. The average Bonchev–Trinajstić information content (AvgIpc) is 3.12. The summed E-state index contributed by atoms with van der Waals surface area (Å²) in [5.41, 5.74) is 1.93. The van der Waals surface area contributed by atoms with Crippen LogP contribution in [0.2, 0.25) is 0 Å². The molecule has 0 spiro atoms. The third-order valence-corrected chi connectivity index (χ3v) is 4.45. The van der Waals surface area contributed by atoms with Crippen LogP contribution in [0.25, 0.3) is 0 Å². The van der Waals surface area contributed by atoms with Gasteiger partial charge in [-0.2, -0.15) is 0 Å². The molecule has 1 atom stereocenters. The Labute approximate surface area is 152 Å². The number of nitrogens with zero attached hydrogens (tertiary/aromatic N) is 1. The highest BCUT2D eigenvalue weighted by molar-refractivity contribution is 5.77. The van der Waals surface area contributed by atoms with Crippen LogP contribution < -0.4 is 10.1 Å². The first-order valence-corrected chi connectivity index (χ1v) is 8.61. The lowest BCUT2D eigenvalue weighted by atomic mass is 10.1. The SMILES string of the molecule is Cc1ccc(CNC(=O)N2CCC(C(=O)O)C2)c(Oc2ccccc2)c1. The van der Waals surface area contributed by atoms with Crippen LogP contribution in [0.1, 0.15) is 17.5 Å². The molecule has 2 aromatic carbocycles. The van der Waals surface area contributed by atoms with Crippen molar-refractivity contribution in [3.8, 4) is 11.5 Å². The molecule has 1 saturated heterocycles. The first-order valence-electron chi connectivity index (χ1n) is 8.61. The molecule has 0 aromatic heterocycles. The van der Waals surface area contributed by atoms with Crippen LogP contribution in [0, 0.1) is 12.8 Å². The van der Waals surface area contributed by atoms with Crippen LogP contribution in [-0.4, -0.2) is 35.1 Å². The second-order valence-electron chi connectivity index (χ2n) is 6.45. The van der Waals surface area contributed by atoms with E-state index in [0.717, 1.165) is 16.9 Å². The Balaban J connectivity index is 1.64. The molecule has 1 heterocycles. The molecule has 1 aliphatic heterocycles. The molecule has 0 radical (unpaired) electrons. The van der Waals surface area contributed by atoms with E-state index in [1.54, 1.807) is 4.90 Å². The summed E-state index contributed by atoms with van der Waals surface area (Å²) in [6.07, 6.45) is 0.496. The van der Waals surface area contributed by atoms with Gasteiger partial charge in [0.1, 0.15) is 11.5 Å². The molecule has 3 rings (SSSR count). The van der Waals surface area contributed by atoms with Gasteiger partial charge in [-0.25, -0.2) is 4.79 Å². The summed E-state index contributed by atoms with van der Waals surface area (Å²) in [4.78, 5) is 24.9. The van der Waals surface area contributed by atoms with E-state index in [0.29, 0.717) is 25.3 Å². The van der Waals surface area contributed by atoms with Crippen molar-refractivity contribution in [3.63, 3.8) is 0 Å². The van der Waals surface area contributed by atoms with Gasteiger partial charge < -0.3 is 20.1 Å². The maximum Gasteiger partial charge on any atom is 0.317 e. The molecule has 0 saturated carbocycles. The van der Waals surface area contributed by atoms with E-state index >= 15 is 0 Å². The number of amides is 2. The van der Waals surface area contributed by atoms with Crippen molar-refractivity contribution in [2.24, 2.45) is 5.92 Å². The van der Waals surface area contributed by atoms with Crippen LogP contribution in [0.5, 0.6) is 11.5 Å². The Hall–Kier alpha value is -3.02. The number of nitrogens with one attached hydrogen (secondary N) is 1. The largest absolute Gasteiger partial charge is 0.481 e. The van der Waals surface area contributed by atoms with Crippen LogP contribution in [0.3, 0.4) is 0 Å². The van der Waals surface area contributed by atoms with Crippen molar-refractivity contribution in [1.82, 2.24) is 10.2 Å². The zero-order chi connectivity index (χ0) is 18.5. The normalized spacial score (nSPS) is 16.3. The van der Waals surface area contributed by atoms with Crippen LogP contribution in [0.4, 0.5) is 4.79 Å². The van der Waals surface area contributed by atoms with Gasteiger partial charge in [0.15, 0.2) is 0 Å². The monoisotopic (exact) mass is 354 g/mol. The van der Waals surface area contributed by atoms with Crippen LogP contribution in [0.15, 0.2) is 48.5 Å². The fraction of sp³-hybridized carbons (Fsp3) is 0.300. The quantitative estimate of drug-likeness (QED) is 0.862. The van der Waals surface area contributed by atoms with Crippen molar-refractivity contribution in [2.75, 3.05) is 13.1 Å². The Morgan fingerprint density at radius 2 is 2.00 bits per heavy atom. The summed E-state index contributed by atoms with van der Waals surface area (Å²) in [6.45, 7) is 3.01. The Morgan fingerprint density at radius 3 is 2.69 bits per heavy atom. The number of carboxylic acid groups (broad SMARTS) is 1. The van der Waals surface area contributed by atoms with Gasteiger partial charge in [-0.15, -0.1) is 0 Å². The van der Waals surface area contributed by atoms with E-state index in [2.05, 4.69) is 5.32 Å². The molecule has 136 valence electrons. The van der Waals surface area contributed by atoms with E-state index in [-0.39, 0.29) is 12.6 Å². The number of hydrogen-bond acceptors (Lipinski definition) is 3. The second-order valence-corrected chi connectivity index (χ2v) is 6.45. The number of aliphatic carboxylic acids is 1. The molecule has 2 N–H and O–H groups in total. The van der Waals surface area contributed by atoms with Gasteiger partial charge in [0.25, 0.3) is 0 Å². The van der Waals surface area contributed by atoms with E-state index in [4.69, 9.17) is 9.84 Å². The number of likely N-dealkylation sites (tertiary alicyclic amines) is 1. The predicted molar refractivity (Wildman–Crippen MR) is 97.2 cm³/mol. The third-order valence-electron chi connectivity index (χ3n) is 4.45. The molecule has 1 aliphatic rings. The summed E-state index contributed by atoms with van der Waals surface area (Å²) < 4.78 is 5.95. The Morgan fingerprint density at radius 1 is 1.23 bits per heavy atom. The number of rotatable bonds is 5. The molecule has 2 amide bonds. The predicted octanol–water partition coefficient (Wildman–Crippen LogP) is 3.40. The van der Waals surface area contributed by atoms with E-state index in [9.17, 15) is 9.59 Å². The topological polar surface area (TPSA) is 78.9 Å². The fourth-order valence-electron chi connectivity index (χ4n) is 2.95. The molecular weight excluding hydrogens is 332 g/mol. The number of hydrogen-bond donors (Lipinski definition) is 2. The van der Waals surface area contributed by atoms with Gasteiger partial charge in [-0.05, 0) is 37.1 Å². The van der Waals surface area contributed by atoms with E-state index < -0.39 is 11.9 Å². The number of carbonyl (C=O) groups is 2. The number of ether oxygens (including phenoxy) is 1. The minimum absolute atomic E-state index is 0.250. The summed E-state index contributed by atoms with van der Waals surface area (Å²) >= 11 is 0. The number of benzene rings is 2. The number of carbonyl (C=O) groups excluding carboxylic acids is 1. The summed E-state index contributed by atoms with van der Waals surface area (Å²) in [5.74, 6) is 0.102. The summed E-state index contributed by atoms with van der Waals surface area (Å²) in [5, 5.41) is 11.9. The summed E-state index contributed by atoms with van der Waals surface area (Å²) in [6, 6.07) is 15.1. The number of aryl methyl sites for hydroxylation is 1. The maximum absolute atomic E-state index is 12.3. The molecule has 6 heteroatoms. The molecule has 1 fully saturated rings. The molecule has 1 unspecified atom stereocenters. The Kier molecular flexibility index (Phi) is 5.41. The molecular formula is C20H22N2O4. The first-order chi connectivity index (χ1) is 12.5. The second kappa shape index (κ2) is 7.91. The smallest absolute Gasteiger partial charge is 0.317 e. The highest BCUT2D eigenvalue weighted by atomic mass is 16.5. The molecule has 2 aromatic rings. The average molecular weight is 354 g/mol. The zero-order valence-corrected chi connectivity index (χ0v) is 14.6. The maximum atomic E-state index is 12.3. The van der Waals surface area contributed by atoms with Gasteiger partial charge >= 0.3 is 12.0 Å². The van der Waals surface area contributed by atoms with E-state index in [1.807, 2.05) is 55.5 Å². The van der Waals surface area contributed by atoms with Crippen LogP contribution in [-0.2, 0) is 11.3 Å². The lowest BCUT2D eigenvalue weighted by Gasteiger charge is -2.18. The summed E-state index contributed by atoms with van der Waals surface area (Å²) in [7, 11) is 0. The van der Waals surface area contributed by atoms with Gasteiger partial charge in [-0.1, -0.05) is 30.3 Å². The van der Waals surface area contributed by atoms with E-state index in [1.165, 1.54) is 0 Å². The minimum atomic E-state index is -0.850. The molecule has 6 nitrogen and oxygen atoms in total. The lowest BCUT2D eigenvalue weighted by Crippen LogP contribution is -2.38. The molecule has 0 bridgehead atoms. The highest BCUT2D eigenvalue weighted by Gasteiger charge is 2.30. The van der Waals surface area contributed by atoms with Crippen LogP contribution >= 0.6 is 0 Å². The van der Waals surface area contributed by atoms with Gasteiger partial charge in [0.05, 0.1) is 5.92 Å².